The third kappa shape index (κ3) is 3.42. The first-order valence-corrected chi connectivity index (χ1v) is 6.75. The number of hydrogen-bond donors (Lipinski definition) is 0. The van der Waals surface area contributed by atoms with Gasteiger partial charge in [0.15, 0.2) is 11.5 Å². The molecule has 1 fully saturated rings. The van der Waals surface area contributed by atoms with Gasteiger partial charge >= 0.3 is 5.97 Å². The first kappa shape index (κ1) is 14.7. The largest absolute Gasteiger partial charge is 0.493 e. The van der Waals surface area contributed by atoms with Crippen molar-refractivity contribution in [2.24, 2.45) is 0 Å². The van der Waals surface area contributed by atoms with Crippen LogP contribution in [0.3, 0.4) is 0 Å². The zero-order valence-corrected chi connectivity index (χ0v) is 12.2. The van der Waals surface area contributed by atoms with Crippen LogP contribution in [0.25, 0.3) is 0 Å². The van der Waals surface area contributed by atoms with E-state index in [-0.39, 0.29) is 12.1 Å². The van der Waals surface area contributed by atoms with E-state index in [0.717, 1.165) is 25.9 Å². The average molecular weight is 279 g/mol. The van der Waals surface area contributed by atoms with Gasteiger partial charge in [-0.05, 0) is 44.6 Å². The van der Waals surface area contributed by atoms with Crippen LogP contribution in [-0.4, -0.2) is 51.3 Å². The van der Waals surface area contributed by atoms with Crippen molar-refractivity contribution in [1.29, 1.82) is 0 Å². The fourth-order valence-corrected chi connectivity index (χ4v) is 2.40. The smallest absolute Gasteiger partial charge is 0.338 e. The molecule has 0 aromatic heterocycles. The maximum Gasteiger partial charge on any atom is 0.338 e. The summed E-state index contributed by atoms with van der Waals surface area (Å²) in [5.74, 6) is 0.815. The van der Waals surface area contributed by atoms with Gasteiger partial charge in [-0.3, -0.25) is 0 Å². The normalized spacial score (nSPS) is 19.4. The van der Waals surface area contributed by atoms with Crippen LogP contribution in [0.1, 0.15) is 23.2 Å². The van der Waals surface area contributed by atoms with Crippen molar-refractivity contribution in [3.8, 4) is 11.5 Å². The standard InChI is InChI=1S/C15H21NO4/c1-16-8-4-5-12(10-16)20-15(17)11-6-7-13(18-2)14(9-11)19-3/h6-7,9,12H,4-5,8,10H2,1-3H3/t12-/m1/s1. The Labute approximate surface area is 119 Å². The lowest BCUT2D eigenvalue weighted by Crippen LogP contribution is -2.38. The predicted molar refractivity (Wildman–Crippen MR) is 75.5 cm³/mol. The monoisotopic (exact) mass is 279 g/mol. The number of likely N-dealkylation sites (tertiary alicyclic amines) is 1. The third-order valence-electron chi connectivity index (χ3n) is 3.47. The Morgan fingerprint density at radius 1 is 1.25 bits per heavy atom. The quantitative estimate of drug-likeness (QED) is 0.788. The van der Waals surface area contributed by atoms with Crippen molar-refractivity contribution in [2.75, 3.05) is 34.4 Å². The van der Waals surface area contributed by atoms with Gasteiger partial charge in [0.2, 0.25) is 0 Å². The van der Waals surface area contributed by atoms with Crippen LogP contribution in [0.5, 0.6) is 11.5 Å². The molecule has 1 aliphatic heterocycles. The van der Waals surface area contributed by atoms with Gasteiger partial charge in [0, 0.05) is 6.54 Å². The van der Waals surface area contributed by atoms with Crippen molar-refractivity contribution >= 4 is 5.97 Å². The van der Waals surface area contributed by atoms with E-state index in [4.69, 9.17) is 14.2 Å². The highest BCUT2D eigenvalue weighted by molar-refractivity contribution is 5.90. The molecule has 0 bridgehead atoms. The maximum atomic E-state index is 12.2. The summed E-state index contributed by atoms with van der Waals surface area (Å²) in [6.45, 7) is 1.85. The number of benzene rings is 1. The zero-order chi connectivity index (χ0) is 14.5. The number of piperidine rings is 1. The fraction of sp³-hybridized carbons (Fsp3) is 0.533. The van der Waals surface area contributed by atoms with E-state index in [1.165, 1.54) is 0 Å². The number of esters is 1. The van der Waals surface area contributed by atoms with Crippen molar-refractivity contribution in [3.63, 3.8) is 0 Å². The number of carbonyl (C=O) groups excluding carboxylic acids is 1. The van der Waals surface area contributed by atoms with Crippen LogP contribution in [0.2, 0.25) is 0 Å². The molecule has 1 aromatic carbocycles. The molecule has 0 aliphatic carbocycles. The Hall–Kier alpha value is -1.75. The lowest BCUT2D eigenvalue weighted by atomic mass is 10.1. The highest BCUT2D eigenvalue weighted by Gasteiger charge is 2.22. The van der Waals surface area contributed by atoms with Gasteiger partial charge in [0.1, 0.15) is 6.10 Å². The zero-order valence-electron chi connectivity index (χ0n) is 12.2. The Balaban J connectivity index is 2.05. The van der Waals surface area contributed by atoms with Crippen LogP contribution >= 0.6 is 0 Å². The van der Waals surface area contributed by atoms with E-state index in [2.05, 4.69) is 4.90 Å². The summed E-state index contributed by atoms with van der Waals surface area (Å²) < 4.78 is 15.9. The summed E-state index contributed by atoms with van der Waals surface area (Å²) in [5, 5.41) is 0. The number of carbonyl (C=O) groups is 1. The van der Waals surface area contributed by atoms with E-state index >= 15 is 0 Å². The number of hydrogen-bond acceptors (Lipinski definition) is 5. The molecule has 5 nitrogen and oxygen atoms in total. The molecular formula is C15H21NO4. The molecule has 0 amide bonds. The van der Waals surface area contributed by atoms with Gasteiger partial charge < -0.3 is 19.1 Å². The molecule has 0 unspecified atom stereocenters. The SMILES string of the molecule is COc1ccc(C(=O)O[C@@H]2CCCN(C)C2)cc1OC. The van der Waals surface area contributed by atoms with Gasteiger partial charge in [-0.1, -0.05) is 0 Å². The van der Waals surface area contributed by atoms with Crippen LogP contribution in [0, 0.1) is 0 Å². The molecule has 1 atom stereocenters. The summed E-state index contributed by atoms with van der Waals surface area (Å²) >= 11 is 0. The molecule has 2 rings (SSSR count). The van der Waals surface area contributed by atoms with Crippen LogP contribution < -0.4 is 9.47 Å². The van der Waals surface area contributed by atoms with E-state index in [1.807, 2.05) is 7.05 Å². The topological polar surface area (TPSA) is 48.0 Å². The minimum atomic E-state index is -0.314. The molecule has 0 N–H and O–H groups in total. The van der Waals surface area contributed by atoms with Gasteiger partial charge in [-0.2, -0.15) is 0 Å². The first-order valence-electron chi connectivity index (χ1n) is 6.75. The summed E-state index contributed by atoms with van der Waals surface area (Å²) in [4.78, 5) is 14.3. The molecule has 1 saturated heterocycles. The molecule has 1 aromatic rings. The number of likely N-dealkylation sites (N-methyl/N-ethyl adjacent to an activating group) is 1. The molecule has 110 valence electrons. The summed E-state index contributed by atoms with van der Waals surface area (Å²) in [7, 11) is 5.15. The number of methoxy groups -OCH3 is 2. The van der Waals surface area contributed by atoms with Crippen LogP contribution in [-0.2, 0) is 4.74 Å². The second kappa shape index (κ2) is 6.61. The minimum Gasteiger partial charge on any atom is -0.493 e. The average Bonchev–Trinajstić information content (AvgIpc) is 2.46. The Kier molecular flexibility index (Phi) is 4.84. The van der Waals surface area contributed by atoms with Crippen molar-refractivity contribution in [1.82, 2.24) is 4.90 Å². The van der Waals surface area contributed by atoms with Gasteiger partial charge in [-0.25, -0.2) is 4.79 Å². The molecule has 1 aliphatic rings. The summed E-state index contributed by atoms with van der Waals surface area (Å²) in [6.07, 6.45) is 1.94. The molecule has 20 heavy (non-hydrogen) atoms. The molecule has 5 heteroatoms. The maximum absolute atomic E-state index is 12.2. The summed E-state index contributed by atoms with van der Waals surface area (Å²) in [6, 6.07) is 5.05. The molecule has 1 heterocycles. The Morgan fingerprint density at radius 2 is 2.00 bits per heavy atom. The van der Waals surface area contributed by atoms with Crippen molar-refractivity contribution in [2.45, 2.75) is 18.9 Å². The van der Waals surface area contributed by atoms with E-state index < -0.39 is 0 Å². The number of rotatable bonds is 4. The second-order valence-corrected chi connectivity index (χ2v) is 5.00. The van der Waals surface area contributed by atoms with Crippen LogP contribution in [0.15, 0.2) is 18.2 Å². The Morgan fingerprint density at radius 3 is 2.65 bits per heavy atom. The molecule has 0 spiro atoms. The minimum absolute atomic E-state index is 0.0330. The van der Waals surface area contributed by atoms with Gasteiger partial charge in [-0.15, -0.1) is 0 Å². The summed E-state index contributed by atoms with van der Waals surface area (Å²) in [5.41, 5.74) is 0.482. The highest BCUT2D eigenvalue weighted by atomic mass is 16.5. The van der Waals surface area contributed by atoms with E-state index in [9.17, 15) is 4.79 Å². The fourth-order valence-electron chi connectivity index (χ4n) is 2.40. The lowest BCUT2D eigenvalue weighted by Gasteiger charge is -2.29. The lowest BCUT2D eigenvalue weighted by molar-refractivity contribution is 0.0108. The van der Waals surface area contributed by atoms with Crippen LogP contribution in [0.4, 0.5) is 0 Å². The number of ether oxygens (including phenoxy) is 3. The Bertz CT molecular complexity index is 475. The molecule has 0 radical (unpaired) electrons. The van der Waals surface area contributed by atoms with Gasteiger partial charge in [0.25, 0.3) is 0 Å². The van der Waals surface area contributed by atoms with Crippen molar-refractivity contribution in [3.05, 3.63) is 23.8 Å². The van der Waals surface area contributed by atoms with Crippen molar-refractivity contribution < 1.29 is 19.0 Å². The van der Waals surface area contributed by atoms with E-state index in [1.54, 1.807) is 32.4 Å². The predicted octanol–water partition coefficient (Wildman–Crippen LogP) is 1.95. The molecule has 0 saturated carbocycles. The highest BCUT2D eigenvalue weighted by Crippen LogP contribution is 2.28. The molecular weight excluding hydrogens is 258 g/mol. The first-order chi connectivity index (χ1) is 9.63. The third-order valence-corrected chi connectivity index (χ3v) is 3.47. The van der Waals surface area contributed by atoms with E-state index in [0.29, 0.717) is 17.1 Å². The number of nitrogens with zero attached hydrogens (tertiary/aromatic N) is 1. The van der Waals surface area contributed by atoms with Gasteiger partial charge in [0.05, 0.1) is 19.8 Å². The second-order valence-electron chi connectivity index (χ2n) is 5.00.